The van der Waals surface area contributed by atoms with E-state index in [9.17, 15) is 4.79 Å². The summed E-state index contributed by atoms with van der Waals surface area (Å²) in [5.74, 6) is -0.218. The SMILES string of the molecule is O=C(NCc1cccnc1)c1cc(-c2cccs2)nc2onc(-c3ccccc3)c12. The summed E-state index contributed by atoms with van der Waals surface area (Å²) in [6.45, 7) is 0.372. The summed E-state index contributed by atoms with van der Waals surface area (Å²) in [4.78, 5) is 22.9. The second-order valence-corrected chi connectivity index (χ2v) is 7.60. The van der Waals surface area contributed by atoms with Gasteiger partial charge in [0.15, 0.2) is 0 Å². The van der Waals surface area contributed by atoms with Crippen molar-refractivity contribution in [2.75, 3.05) is 0 Å². The Morgan fingerprint density at radius 3 is 2.73 bits per heavy atom. The second kappa shape index (κ2) is 7.88. The van der Waals surface area contributed by atoms with Gasteiger partial charge in [-0.25, -0.2) is 4.98 Å². The number of pyridine rings is 2. The molecule has 4 heterocycles. The molecule has 4 aromatic heterocycles. The molecule has 1 amide bonds. The van der Waals surface area contributed by atoms with E-state index in [0.29, 0.717) is 34.6 Å². The average molecular weight is 412 g/mol. The summed E-state index contributed by atoms with van der Waals surface area (Å²) < 4.78 is 5.55. The average Bonchev–Trinajstić information content (AvgIpc) is 3.48. The Morgan fingerprint density at radius 2 is 1.97 bits per heavy atom. The zero-order valence-electron chi connectivity index (χ0n) is 15.8. The van der Waals surface area contributed by atoms with Gasteiger partial charge < -0.3 is 9.84 Å². The molecule has 5 rings (SSSR count). The van der Waals surface area contributed by atoms with Gasteiger partial charge in [-0.1, -0.05) is 47.6 Å². The predicted molar refractivity (Wildman–Crippen MR) is 116 cm³/mol. The van der Waals surface area contributed by atoms with Gasteiger partial charge in [-0.15, -0.1) is 11.3 Å². The van der Waals surface area contributed by atoms with Crippen LogP contribution in [0.1, 0.15) is 15.9 Å². The normalized spacial score (nSPS) is 10.9. The van der Waals surface area contributed by atoms with Gasteiger partial charge in [-0.3, -0.25) is 9.78 Å². The molecule has 0 unspecified atom stereocenters. The zero-order chi connectivity index (χ0) is 20.3. The zero-order valence-corrected chi connectivity index (χ0v) is 16.6. The van der Waals surface area contributed by atoms with Gasteiger partial charge in [0.25, 0.3) is 11.6 Å². The number of thiophene rings is 1. The van der Waals surface area contributed by atoms with Crippen LogP contribution in [0.5, 0.6) is 0 Å². The minimum atomic E-state index is -0.218. The Kier molecular flexibility index (Phi) is 4.78. The minimum absolute atomic E-state index is 0.218. The van der Waals surface area contributed by atoms with Crippen molar-refractivity contribution in [1.82, 2.24) is 20.4 Å². The number of aromatic nitrogens is 3. The molecule has 0 saturated carbocycles. The van der Waals surface area contributed by atoms with Crippen molar-refractivity contribution in [3.8, 4) is 21.8 Å². The quantitative estimate of drug-likeness (QED) is 0.442. The highest BCUT2D eigenvalue weighted by molar-refractivity contribution is 7.13. The third-order valence-corrected chi connectivity index (χ3v) is 5.58. The summed E-state index contributed by atoms with van der Waals surface area (Å²) in [7, 11) is 0. The van der Waals surface area contributed by atoms with Crippen molar-refractivity contribution < 1.29 is 9.32 Å². The molecule has 0 radical (unpaired) electrons. The molecule has 146 valence electrons. The van der Waals surface area contributed by atoms with E-state index in [1.165, 1.54) is 0 Å². The first kappa shape index (κ1) is 18.2. The second-order valence-electron chi connectivity index (χ2n) is 6.65. The third kappa shape index (κ3) is 3.46. The van der Waals surface area contributed by atoms with Gasteiger partial charge >= 0.3 is 0 Å². The molecule has 0 aliphatic rings. The highest BCUT2D eigenvalue weighted by Gasteiger charge is 2.22. The Bertz CT molecular complexity index is 1300. The maximum atomic E-state index is 13.2. The summed E-state index contributed by atoms with van der Waals surface area (Å²) in [5.41, 5.74) is 3.88. The first-order valence-corrected chi connectivity index (χ1v) is 10.2. The highest BCUT2D eigenvalue weighted by atomic mass is 32.1. The maximum Gasteiger partial charge on any atom is 0.259 e. The number of hydrogen-bond acceptors (Lipinski definition) is 6. The molecule has 5 aromatic rings. The van der Waals surface area contributed by atoms with E-state index in [0.717, 1.165) is 16.0 Å². The number of amides is 1. The first-order valence-electron chi connectivity index (χ1n) is 9.36. The minimum Gasteiger partial charge on any atom is -0.348 e. The van der Waals surface area contributed by atoms with Crippen LogP contribution in [0.3, 0.4) is 0 Å². The molecular formula is C23H16N4O2S. The van der Waals surface area contributed by atoms with Crippen LogP contribution >= 0.6 is 11.3 Å². The Balaban J connectivity index is 1.61. The standard InChI is InChI=1S/C23H16N4O2S/c28-22(25-14-15-6-4-10-24-13-15)17-12-18(19-9-5-11-30-19)26-23-20(17)21(27-29-23)16-7-2-1-3-8-16/h1-13H,14H2,(H,25,28). The number of nitrogens with one attached hydrogen (secondary N) is 1. The maximum absolute atomic E-state index is 13.2. The third-order valence-electron chi connectivity index (χ3n) is 4.69. The number of hydrogen-bond donors (Lipinski definition) is 1. The lowest BCUT2D eigenvalue weighted by atomic mass is 10.0. The molecule has 6 nitrogen and oxygen atoms in total. The van der Waals surface area contributed by atoms with E-state index in [4.69, 9.17) is 4.52 Å². The highest BCUT2D eigenvalue weighted by Crippen LogP contribution is 2.33. The molecule has 1 aromatic carbocycles. The van der Waals surface area contributed by atoms with Crippen LogP contribution in [0.25, 0.3) is 32.9 Å². The summed E-state index contributed by atoms with van der Waals surface area (Å²) >= 11 is 1.55. The number of rotatable bonds is 5. The topological polar surface area (TPSA) is 80.9 Å². The molecule has 0 bridgehead atoms. The van der Waals surface area contributed by atoms with Crippen LogP contribution in [0.15, 0.2) is 83.0 Å². The predicted octanol–water partition coefficient (Wildman–Crippen LogP) is 4.94. The molecule has 0 aliphatic heterocycles. The van der Waals surface area contributed by atoms with Gasteiger partial charge in [0.1, 0.15) is 5.69 Å². The van der Waals surface area contributed by atoms with E-state index in [1.807, 2.05) is 60.0 Å². The summed E-state index contributed by atoms with van der Waals surface area (Å²) in [6.07, 6.45) is 3.43. The van der Waals surface area contributed by atoms with Crippen molar-refractivity contribution in [2.24, 2.45) is 0 Å². The number of carbonyl (C=O) groups excluding carboxylic acids is 1. The van der Waals surface area contributed by atoms with Gasteiger partial charge in [0, 0.05) is 24.5 Å². The largest absolute Gasteiger partial charge is 0.348 e. The van der Waals surface area contributed by atoms with Crippen molar-refractivity contribution in [3.63, 3.8) is 0 Å². The Morgan fingerprint density at radius 1 is 1.07 bits per heavy atom. The van der Waals surface area contributed by atoms with Crippen molar-refractivity contribution >= 4 is 28.3 Å². The van der Waals surface area contributed by atoms with Crippen LogP contribution < -0.4 is 5.32 Å². The smallest absolute Gasteiger partial charge is 0.259 e. The van der Waals surface area contributed by atoms with Crippen LogP contribution in [-0.4, -0.2) is 21.0 Å². The lowest BCUT2D eigenvalue weighted by Gasteiger charge is -2.08. The molecule has 0 aliphatic carbocycles. The van der Waals surface area contributed by atoms with Gasteiger partial charge in [-0.05, 0) is 29.1 Å². The Labute approximate surface area is 176 Å². The molecule has 0 atom stereocenters. The van der Waals surface area contributed by atoms with Crippen molar-refractivity contribution in [3.05, 3.63) is 89.6 Å². The fourth-order valence-corrected chi connectivity index (χ4v) is 3.94. The molecule has 30 heavy (non-hydrogen) atoms. The van der Waals surface area contributed by atoms with Gasteiger partial charge in [-0.2, -0.15) is 0 Å². The summed E-state index contributed by atoms with van der Waals surface area (Å²) in [5, 5.41) is 9.77. The Hall–Kier alpha value is -3.84. The fourth-order valence-electron chi connectivity index (χ4n) is 3.25. The van der Waals surface area contributed by atoms with Crippen molar-refractivity contribution in [2.45, 2.75) is 6.54 Å². The van der Waals surface area contributed by atoms with Gasteiger partial charge in [0.2, 0.25) is 0 Å². The van der Waals surface area contributed by atoms with E-state index in [1.54, 1.807) is 29.8 Å². The molecule has 0 fully saturated rings. The lowest BCUT2D eigenvalue weighted by Crippen LogP contribution is -2.23. The van der Waals surface area contributed by atoms with E-state index in [-0.39, 0.29) is 5.91 Å². The van der Waals surface area contributed by atoms with E-state index >= 15 is 0 Å². The van der Waals surface area contributed by atoms with Crippen LogP contribution in [0.4, 0.5) is 0 Å². The van der Waals surface area contributed by atoms with Crippen LogP contribution in [0.2, 0.25) is 0 Å². The molecule has 1 N–H and O–H groups in total. The number of fused-ring (bicyclic) bond motifs is 1. The fraction of sp³-hybridized carbons (Fsp3) is 0.0435. The monoisotopic (exact) mass is 412 g/mol. The first-order chi connectivity index (χ1) is 14.8. The summed E-state index contributed by atoms with van der Waals surface area (Å²) in [6, 6.07) is 19.1. The molecular weight excluding hydrogens is 396 g/mol. The number of benzene rings is 1. The molecule has 0 saturated heterocycles. The van der Waals surface area contributed by atoms with Crippen LogP contribution in [0, 0.1) is 0 Å². The van der Waals surface area contributed by atoms with Crippen molar-refractivity contribution in [1.29, 1.82) is 0 Å². The molecule has 7 heteroatoms. The van der Waals surface area contributed by atoms with E-state index in [2.05, 4.69) is 20.4 Å². The van der Waals surface area contributed by atoms with Crippen LogP contribution in [-0.2, 0) is 6.54 Å². The lowest BCUT2D eigenvalue weighted by molar-refractivity contribution is 0.0952. The molecule has 0 spiro atoms. The van der Waals surface area contributed by atoms with E-state index < -0.39 is 0 Å². The number of nitrogens with zero attached hydrogens (tertiary/aromatic N) is 3. The number of carbonyl (C=O) groups is 1. The van der Waals surface area contributed by atoms with Gasteiger partial charge in [0.05, 0.1) is 21.5 Å².